The Morgan fingerprint density at radius 3 is 2.38 bits per heavy atom. The van der Waals surface area contributed by atoms with Gasteiger partial charge in [-0.1, -0.05) is 35.2 Å². The van der Waals surface area contributed by atoms with Crippen LogP contribution in [0.1, 0.15) is 32.1 Å². The van der Waals surface area contributed by atoms with Crippen LogP contribution >= 0.6 is 23.1 Å². The Bertz CT molecular complexity index is 664. The second-order valence-electron chi connectivity index (χ2n) is 4.60. The molecule has 0 radical (unpaired) electrons. The molecule has 5 nitrogen and oxygen atoms in total. The maximum Gasteiger partial charge on any atom is 0.261 e. The van der Waals surface area contributed by atoms with E-state index in [-0.39, 0.29) is 11.8 Å². The summed E-state index contributed by atoms with van der Waals surface area (Å²) >= 11 is 3.16. The van der Waals surface area contributed by atoms with Gasteiger partial charge in [0.2, 0.25) is 0 Å². The quantitative estimate of drug-likeness (QED) is 0.481. The average molecular weight is 319 g/mol. The number of amides is 2. The molecule has 108 valence electrons. The molecule has 2 aromatic rings. The van der Waals surface area contributed by atoms with Crippen LogP contribution in [-0.2, 0) is 0 Å². The minimum absolute atomic E-state index is 0.188. The van der Waals surface area contributed by atoms with Crippen LogP contribution in [0.15, 0.2) is 28.6 Å². The van der Waals surface area contributed by atoms with Gasteiger partial charge in [0.25, 0.3) is 11.8 Å². The molecule has 0 N–H and O–H groups in total. The van der Waals surface area contributed by atoms with Crippen LogP contribution in [0.3, 0.4) is 0 Å². The molecule has 0 spiro atoms. The van der Waals surface area contributed by atoms with Gasteiger partial charge in [-0.15, -0.1) is 10.2 Å². The molecule has 1 aromatic carbocycles. The fraction of sp³-hybridized carbons (Fsp3) is 0.286. The lowest BCUT2D eigenvalue weighted by atomic mass is 10.1. The zero-order valence-corrected chi connectivity index (χ0v) is 13.0. The lowest BCUT2D eigenvalue weighted by Crippen LogP contribution is -2.30. The smallest absolute Gasteiger partial charge is 0.261 e. The van der Waals surface area contributed by atoms with Crippen molar-refractivity contribution < 1.29 is 9.59 Å². The number of hydrogen-bond acceptors (Lipinski definition) is 6. The number of benzene rings is 1. The number of carbonyl (C=O) groups is 2. The predicted molar refractivity (Wildman–Crippen MR) is 81.8 cm³/mol. The number of rotatable bonds is 5. The van der Waals surface area contributed by atoms with Crippen molar-refractivity contribution in [3.8, 4) is 0 Å². The Balaban J connectivity index is 1.55. The van der Waals surface area contributed by atoms with E-state index >= 15 is 0 Å². The van der Waals surface area contributed by atoms with Crippen LogP contribution in [0, 0.1) is 6.92 Å². The highest BCUT2D eigenvalue weighted by molar-refractivity contribution is 8.01. The van der Waals surface area contributed by atoms with E-state index in [1.807, 2.05) is 6.92 Å². The van der Waals surface area contributed by atoms with Gasteiger partial charge in [-0.25, -0.2) is 0 Å². The number of aromatic nitrogens is 2. The maximum absolute atomic E-state index is 12.2. The lowest BCUT2D eigenvalue weighted by Gasteiger charge is -2.12. The number of imide groups is 1. The van der Waals surface area contributed by atoms with Crippen molar-refractivity contribution in [3.05, 3.63) is 40.4 Å². The van der Waals surface area contributed by atoms with Crippen LogP contribution in [0.4, 0.5) is 0 Å². The van der Waals surface area contributed by atoms with Gasteiger partial charge in [0, 0.05) is 12.3 Å². The van der Waals surface area contributed by atoms with Gasteiger partial charge in [0.15, 0.2) is 4.34 Å². The monoisotopic (exact) mass is 319 g/mol. The van der Waals surface area contributed by atoms with Crippen molar-refractivity contribution in [2.45, 2.75) is 17.7 Å². The third-order valence-electron chi connectivity index (χ3n) is 3.14. The molecule has 2 amide bonds. The summed E-state index contributed by atoms with van der Waals surface area (Å²) in [6.07, 6.45) is 0.745. The van der Waals surface area contributed by atoms with Crippen LogP contribution in [0.5, 0.6) is 0 Å². The molecule has 0 aliphatic carbocycles. The summed E-state index contributed by atoms with van der Waals surface area (Å²) in [5.74, 6) is 0.432. The highest BCUT2D eigenvalue weighted by Gasteiger charge is 2.34. The summed E-state index contributed by atoms with van der Waals surface area (Å²) in [4.78, 5) is 25.6. The topological polar surface area (TPSA) is 63.2 Å². The molecule has 3 rings (SSSR count). The van der Waals surface area contributed by atoms with E-state index in [1.165, 1.54) is 4.90 Å². The summed E-state index contributed by atoms with van der Waals surface area (Å²) in [6, 6.07) is 6.96. The van der Waals surface area contributed by atoms with Crippen LogP contribution < -0.4 is 0 Å². The predicted octanol–water partition coefficient (Wildman–Crippen LogP) is 2.62. The van der Waals surface area contributed by atoms with Crippen molar-refractivity contribution in [1.29, 1.82) is 0 Å². The first kappa shape index (κ1) is 14.2. The van der Waals surface area contributed by atoms with Gasteiger partial charge in [-0.05, 0) is 25.5 Å². The molecule has 2 heterocycles. The standard InChI is InChI=1S/C14H13N3O2S2/c1-9-15-16-14(21-9)20-8-4-7-17-12(18)10-5-2-3-6-11(10)13(17)19/h2-3,5-6H,4,7-8H2,1H3. The minimum atomic E-state index is -0.188. The third kappa shape index (κ3) is 2.84. The van der Waals surface area contributed by atoms with E-state index in [9.17, 15) is 9.59 Å². The number of aryl methyl sites for hydroxylation is 1. The second kappa shape index (κ2) is 5.95. The van der Waals surface area contributed by atoms with Gasteiger partial charge in [0.05, 0.1) is 11.1 Å². The number of carbonyl (C=O) groups excluding carboxylic acids is 2. The van der Waals surface area contributed by atoms with Gasteiger partial charge in [0.1, 0.15) is 5.01 Å². The summed E-state index contributed by atoms with van der Waals surface area (Å²) in [5.41, 5.74) is 1.02. The van der Waals surface area contributed by atoms with Crippen molar-refractivity contribution in [3.63, 3.8) is 0 Å². The van der Waals surface area contributed by atoms with Crippen LogP contribution in [0.25, 0.3) is 0 Å². The van der Waals surface area contributed by atoms with Crippen molar-refractivity contribution in [2.24, 2.45) is 0 Å². The zero-order chi connectivity index (χ0) is 14.8. The lowest BCUT2D eigenvalue weighted by molar-refractivity contribution is 0.0655. The number of hydrogen-bond donors (Lipinski definition) is 0. The number of nitrogens with zero attached hydrogens (tertiary/aromatic N) is 3. The Hall–Kier alpha value is -1.73. The van der Waals surface area contributed by atoms with E-state index in [1.54, 1.807) is 47.4 Å². The SMILES string of the molecule is Cc1nnc(SCCCN2C(=O)c3ccccc3C2=O)s1. The molecular weight excluding hydrogens is 306 g/mol. The summed E-state index contributed by atoms with van der Waals surface area (Å²) < 4.78 is 0.926. The highest BCUT2D eigenvalue weighted by Crippen LogP contribution is 2.25. The minimum Gasteiger partial charge on any atom is -0.274 e. The van der Waals surface area contributed by atoms with Crippen LogP contribution in [0.2, 0.25) is 0 Å². The molecule has 0 fully saturated rings. The van der Waals surface area contributed by atoms with Gasteiger partial charge < -0.3 is 0 Å². The van der Waals surface area contributed by atoms with Gasteiger partial charge in [-0.2, -0.15) is 0 Å². The fourth-order valence-corrected chi connectivity index (χ4v) is 3.97. The first-order valence-electron chi connectivity index (χ1n) is 6.55. The summed E-state index contributed by atoms with van der Waals surface area (Å²) in [6.45, 7) is 2.36. The normalized spacial score (nSPS) is 13.9. The summed E-state index contributed by atoms with van der Waals surface area (Å²) in [5, 5.41) is 8.93. The Morgan fingerprint density at radius 1 is 1.14 bits per heavy atom. The first-order valence-corrected chi connectivity index (χ1v) is 8.35. The molecule has 0 saturated heterocycles. The molecule has 7 heteroatoms. The molecule has 1 aliphatic heterocycles. The average Bonchev–Trinajstić information content (AvgIpc) is 3.00. The third-order valence-corrected chi connectivity index (χ3v) is 5.20. The molecule has 21 heavy (non-hydrogen) atoms. The van der Waals surface area contributed by atoms with Crippen molar-refractivity contribution in [1.82, 2.24) is 15.1 Å². The van der Waals surface area contributed by atoms with E-state index in [2.05, 4.69) is 10.2 Å². The number of thioether (sulfide) groups is 1. The van der Waals surface area contributed by atoms with Gasteiger partial charge in [-0.3, -0.25) is 14.5 Å². The molecule has 0 atom stereocenters. The molecule has 1 aromatic heterocycles. The molecule has 0 saturated carbocycles. The summed E-state index contributed by atoms with van der Waals surface area (Å²) in [7, 11) is 0. The van der Waals surface area contributed by atoms with E-state index in [0.29, 0.717) is 17.7 Å². The highest BCUT2D eigenvalue weighted by atomic mass is 32.2. The zero-order valence-electron chi connectivity index (χ0n) is 11.4. The first-order chi connectivity index (χ1) is 10.2. The Morgan fingerprint density at radius 2 is 1.81 bits per heavy atom. The number of fused-ring (bicyclic) bond motifs is 1. The van der Waals surface area contributed by atoms with Gasteiger partial charge >= 0.3 is 0 Å². The fourth-order valence-electron chi connectivity index (χ4n) is 2.16. The van der Waals surface area contributed by atoms with Crippen molar-refractivity contribution in [2.75, 3.05) is 12.3 Å². The molecule has 0 unspecified atom stereocenters. The maximum atomic E-state index is 12.2. The molecule has 0 bridgehead atoms. The Labute approximate surface area is 130 Å². The van der Waals surface area contributed by atoms with E-state index in [0.717, 1.165) is 21.5 Å². The largest absolute Gasteiger partial charge is 0.274 e. The second-order valence-corrected chi connectivity index (χ2v) is 7.12. The van der Waals surface area contributed by atoms with E-state index in [4.69, 9.17) is 0 Å². The Kier molecular flexibility index (Phi) is 4.03. The molecule has 1 aliphatic rings. The van der Waals surface area contributed by atoms with Crippen LogP contribution in [-0.4, -0.2) is 39.2 Å². The molecular formula is C14H13N3O2S2. The van der Waals surface area contributed by atoms with Crippen molar-refractivity contribution >= 4 is 34.9 Å². The van der Waals surface area contributed by atoms with E-state index < -0.39 is 0 Å².